The number of nitrogens with zero attached hydrogens (tertiary/aromatic N) is 3. The van der Waals surface area contributed by atoms with Crippen LogP contribution in [0.3, 0.4) is 0 Å². The Morgan fingerprint density at radius 3 is 2.73 bits per heavy atom. The zero-order valence-corrected chi connectivity index (χ0v) is 13.6. The van der Waals surface area contributed by atoms with E-state index < -0.39 is 15.9 Å². The molecule has 22 heavy (non-hydrogen) atoms. The summed E-state index contributed by atoms with van der Waals surface area (Å²) in [5, 5.41) is 7.22. The average molecular weight is 343 g/mol. The van der Waals surface area contributed by atoms with Gasteiger partial charge in [-0.25, -0.2) is 13.1 Å². The highest BCUT2D eigenvalue weighted by Gasteiger charge is 2.15. The molecular weight excluding hydrogens is 328 g/mol. The van der Waals surface area contributed by atoms with E-state index in [0.29, 0.717) is 16.4 Å². The molecule has 7 nitrogen and oxygen atoms in total. The molecule has 0 unspecified atom stereocenters. The summed E-state index contributed by atoms with van der Waals surface area (Å²) in [6.45, 7) is -0.268. The minimum Gasteiger partial charge on any atom is -0.322 e. The number of carbonyl (C=O) groups excluding carboxylic acids is 1. The highest BCUT2D eigenvalue weighted by Crippen LogP contribution is 2.20. The minimum atomic E-state index is -3.40. The topological polar surface area (TPSA) is 84.3 Å². The third-order valence-corrected chi connectivity index (χ3v) is 4.48. The number of benzene rings is 1. The van der Waals surface area contributed by atoms with Crippen molar-refractivity contribution in [3.63, 3.8) is 0 Å². The van der Waals surface area contributed by atoms with E-state index in [2.05, 4.69) is 10.4 Å². The maximum atomic E-state index is 11.8. The first-order valence-electron chi connectivity index (χ1n) is 6.28. The van der Waals surface area contributed by atoms with Crippen LogP contribution in [0.2, 0.25) is 5.02 Å². The summed E-state index contributed by atoms with van der Waals surface area (Å²) < 4.78 is 25.0. The number of aromatic nitrogens is 2. The van der Waals surface area contributed by atoms with E-state index in [9.17, 15) is 13.2 Å². The first kappa shape index (κ1) is 16.5. The first-order valence-corrected chi connectivity index (χ1v) is 8.51. The predicted molar refractivity (Wildman–Crippen MR) is 84.7 cm³/mol. The lowest BCUT2D eigenvalue weighted by Crippen LogP contribution is -2.34. The molecule has 118 valence electrons. The molecule has 0 radical (unpaired) electrons. The van der Waals surface area contributed by atoms with Gasteiger partial charge in [0.25, 0.3) is 0 Å². The van der Waals surface area contributed by atoms with Crippen molar-refractivity contribution in [3.8, 4) is 5.69 Å². The Bertz CT molecular complexity index is 788. The van der Waals surface area contributed by atoms with Gasteiger partial charge in [-0.05, 0) is 12.1 Å². The molecule has 0 aliphatic heterocycles. The molecule has 0 aliphatic rings. The van der Waals surface area contributed by atoms with Crippen molar-refractivity contribution < 1.29 is 13.2 Å². The van der Waals surface area contributed by atoms with Gasteiger partial charge in [0.2, 0.25) is 15.9 Å². The van der Waals surface area contributed by atoms with E-state index in [4.69, 9.17) is 11.6 Å². The van der Waals surface area contributed by atoms with Gasteiger partial charge in [0.1, 0.15) is 0 Å². The van der Waals surface area contributed by atoms with Crippen LogP contribution in [0.1, 0.15) is 0 Å². The van der Waals surface area contributed by atoms with Crippen molar-refractivity contribution in [3.05, 3.63) is 41.7 Å². The number of hydrogen-bond donors (Lipinski definition) is 1. The van der Waals surface area contributed by atoms with Gasteiger partial charge in [-0.1, -0.05) is 23.7 Å². The van der Waals surface area contributed by atoms with Crippen molar-refractivity contribution in [1.29, 1.82) is 0 Å². The third kappa shape index (κ3) is 4.06. The molecule has 0 fully saturated rings. The van der Waals surface area contributed by atoms with Crippen LogP contribution in [0.25, 0.3) is 5.69 Å². The predicted octanol–water partition coefficient (Wildman–Crippen LogP) is 1.36. The van der Waals surface area contributed by atoms with Crippen LogP contribution >= 0.6 is 11.6 Å². The lowest BCUT2D eigenvalue weighted by molar-refractivity contribution is -0.116. The molecule has 1 heterocycles. The monoisotopic (exact) mass is 342 g/mol. The summed E-state index contributed by atoms with van der Waals surface area (Å²) in [5.41, 5.74) is 1.13. The van der Waals surface area contributed by atoms with E-state index in [-0.39, 0.29) is 6.54 Å². The maximum Gasteiger partial charge on any atom is 0.239 e. The van der Waals surface area contributed by atoms with E-state index >= 15 is 0 Å². The Balaban J connectivity index is 2.07. The van der Waals surface area contributed by atoms with Crippen molar-refractivity contribution in [2.24, 2.45) is 0 Å². The summed E-state index contributed by atoms with van der Waals surface area (Å²) in [5.74, 6) is -0.452. The molecule has 2 aromatic rings. The minimum absolute atomic E-state index is 0.268. The van der Waals surface area contributed by atoms with Gasteiger partial charge in [0, 0.05) is 7.05 Å². The second-order valence-corrected chi connectivity index (χ2v) is 7.19. The molecule has 9 heteroatoms. The summed E-state index contributed by atoms with van der Waals surface area (Å²) in [7, 11) is -2.06. The summed E-state index contributed by atoms with van der Waals surface area (Å²) >= 11 is 6.07. The second-order valence-electron chi connectivity index (χ2n) is 4.69. The van der Waals surface area contributed by atoms with Crippen molar-refractivity contribution in [1.82, 2.24) is 14.1 Å². The number of anilines is 1. The first-order chi connectivity index (χ1) is 10.3. The Morgan fingerprint density at radius 2 is 2.09 bits per heavy atom. The second kappa shape index (κ2) is 6.47. The number of halogens is 1. The Hall–Kier alpha value is -1.90. The fraction of sp³-hybridized carbons (Fsp3) is 0.231. The van der Waals surface area contributed by atoms with Gasteiger partial charge in [-0.2, -0.15) is 9.40 Å². The van der Waals surface area contributed by atoms with Gasteiger partial charge in [-0.15, -0.1) is 0 Å². The molecule has 0 aliphatic carbocycles. The molecular formula is C13H15ClN4O3S. The van der Waals surface area contributed by atoms with Gasteiger partial charge in [-0.3, -0.25) is 4.79 Å². The molecule has 0 spiro atoms. The summed E-state index contributed by atoms with van der Waals surface area (Å²) in [6.07, 6.45) is 4.09. The molecule has 1 amide bonds. The number of amides is 1. The van der Waals surface area contributed by atoms with Crippen LogP contribution < -0.4 is 5.32 Å². The molecule has 0 saturated heterocycles. The highest BCUT2D eigenvalue weighted by atomic mass is 35.5. The van der Waals surface area contributed by atoms with Crippen molar-refractivity contribution >= 4 is 33.2 Å². The largest absolute Gasteiger partial charge is 0.322 e. The normalized spacial score (nSPS) is 11.6. The van der Waals surface area contributed by atoms with E-state index in [1.54, 1.807) is 24.4 Å². The fourth-order valence-electron chi connectivity index (χ4n) is 1.68. The average Bonchev–Trinajstić information content (AvgIpc) is 2.86. The molecule has 1 aromatic heterocycles. The Morgan fingerprint density at radius 1 is 1.41 bits per heavy atom. The van der Waals surface area contributed by atoms with Crippen molar-refractivity contribution in [2.45, 2.75) is 0 Å². The van der Waals surface area contributed by atoms with Crippen LogP contribution in [-0.4, -0.2) is 48.3 Å². The number of nitrogens with one attached hydrogen (secondary N) is 1. The zero-order valence-electron chi connectivity index (χ0n) is 12.0. The quantitative estimate of drug-likeness (QED) is 0.889. The molecule has 0 saturated carbocycles. The number of carbonyl (C=O) groups is 1. The number of sulfonamides is 1. The van der Waals surface area contributed by atoms with Gasteiger partial charge < -0.3 is 5.32 Å². The number of likely N-dealkylation sites (N-methyl/N-ethyl adjacent to an activating group) is 1. The smallest absolute Gasteiger partial charge is 0.239 e. The molecule has 1 aromatic carbocycles. The van der Waals surface area contributed by atoms with Crippen LogP contribution in [0.5, 0.6) is 0 Å². The van der Waals surface area contributed by atoms with Gasteiger partial charge in [0.15, 0.2) is 0 Å². The maximum absolute atomic E-state index is 11.8. The molecule has 0 bridgehead atoms. The number of hydrogen-bond acceptors (Lipinski definition) is 4. The van der Waals surface area contributed by atoms with Crippen LogP contribution in [-0.2, 0) is 14.8 Å². The van der Waals surface area contributed by atoms with Crippen LogP contribution in [0.15, 0.2) is 36.7 Å². The lowest BCUT2D eigenvalue weighted by Gasteiger charge is -2.12. The van der Waals surface area contributed by atoms with Gasteiger partial charge >= 0.3 is 0 Å². The highest BCUT2D eigenvalue weighted by molar-refractivity contribution is 7.88. The van der Waals surface area contributed by atoms with E-state index in [1.165, 1.54) is 17.9 Å². The summed E-state index contributed by atoms with van der Waals surface area (Å²) in [6, 6.07) is 7.15. The van der Waals surface area contributed by atoms with E-state index in [0.717, 1.165) is 10.6 Å². The van der Waals surface area contributed by atoms with Crippen LogP contribution in [0, 0.1) is 0 Å². The SMILES string of the molecule is CN(CC(=O)Nc1cnn(-c2ccccc2Cl)c1)S(C)(=O)=O. The van der Waals surface area contributed by atoms with Crippen molar-refractivity contribution in [2.75, 3.05) is 25.2 Å². The van der Waals surface area contributed by atoms with Crippen LogP contribution in [0.4, 0.5) is 5.69 Å². The standard InChI is InChI=1S/C13H15ClN4O3S/c1-17(22(2,20)21)9-13(19)16-10-7-15-18(8-10)12-6-4-3-5-11(12)14/h3-8H,9H2,1-2H3,(H,16,19). The third-order valence-electron chi connectivity index (χ3n) is 2.90. The zero-order chi connectivity index (χ0) is 16.3. The molecule has 1 N–H and O–H groups in total. The van der Waals surface area contributed by atoms with E-state index in [1.807, 2.05) is 6.07 Å². The Kier molecular flexibility index (Phi) is 4.84. The summed E-state index contributed by atoms with van der Waals surface area (Å²) in [4.78, 5) is 11.8. The Labute approximate surface area is 133 Å². The fourth-order valence-corrected chi connectivity index (χ4v) is 2.25. The number of para-hydroxylation sites is 1. The lowest BCUT2D eigenvalue weighted by atomic mass is 10.3. The van der Waals surface area contributed by atoms with Gasteiger partial charge in [0.05, 0.1) is 41.6 Å². The molecule has 2 rings (SSSR count). The molecule has 0 atom stereocenters. The number of rotatable bonds is 5.